The van der Waals surface area contributed by atoms with Crippen molar-refractivity contribution in [3.63, 3.8) is 0 Å². The van der Waals surface area contributed by atoms with Gasteiger partial charge in [0.2, 0.25) is 5.91 Å². The van der Waals surface area contributed by atoms with Gasteiger partial charge < -0.3 is 44.6 Å². The Hall–Kier alpha value is -2.61. The molecule has 5 rings (SSSR count). The highest BCUT2D eigenvalue weighted by atomic mass is 16.6. The maximum atomic E-state index is 13.8. The van der Waals surface area contributed by atoms with Gasteiger partial charge in [0, 0.05) is 24.5 Å². The van der Waals surface area contributed by atoms with Crippen molar-refractivity contribution in [3.05, 3.63) is 36.0 Å². The lowest BCUT2D eigenvalue weighted by Crippen LogP contribution is -2.67. The first kappa shape index (κ1) is 32.8. The molecule has 244 valence electrons. The van der Waals surface area contributed by atoms with Gasteiger partial charge in [-0.15, -0.1) is 0 Å². The van der Waals surface area contributed by atoms with Crippen molar-refractivity contribution in [3.8, 4) is 0 Å². The number of esters is 2. The van der Waals surface area contributed by atoms with Crippen LogP contribution in [0.4, 0.5) is 0 Å². The summed E-state index contributed by atoms with van der Waals surface area (Å²) in [5, 5.41) is 12.8. The van der Waals surface area contributed by atoms with Crippen molar-refractivity contribution in [1.82, 2.24) is 5.32 Å². The number of hydrogen-bond acceptors (Lipinski definition) is 11. The second-order valence-electron chi connectivity index (χ2n) is 13.0. The topological polar surface area (TPSA) is 168 Å². The lowest BCUT2D eigenvalue weighted by molar-refractivity contribution is -0.235. The van der Waals surface area contributed by atoms with E-state index < -0.39 is 58.7 Å². The molecule has 1 saturated carbocycles. The number of epoxide rings is 1. The largest absolute Gasteiger partial charge is 0.463 e. The van der Waals surface area contributed by atoms with Crippen LogP contribution >= 0.6 is 0 Å². The summed E-state index contributed by atoms with van der Waals surface area (Å²) in [6, 6.07) is 0. The van der Waals surface area contributed by atoms with Crippen molar-refractivity contribution < 1.29 is 47.9 Å². The van der Waals surface area contributed by atoms with Crippen LogP contribution in [0.1, 0.15) is 53.4 Å². The van der Waals surface area contributed by atoms with Crippen LogP contribution in [0.3, 0.4) is 0 Å². The molecule has 3 fully saturated rings. The molecule has 0 aromatic rings. The molecule has 2 saturated heterocycles. The number of amides is 1. The number of rotatable bonds is 5. The third-order valence-electron chi connectivity index (χ3n) is 10.4. The van der Waals surface area contributed by atoms with Gasteiger partial charge in [-0.2, -0.15) is 0 Å². The zero-order valence-corrected chi connectivity index (χ0v) is 26.0. The second kappa shape index (κ2) is 13.0. The second-order valence-corrected chi connectivity index (χ2v) is 13.0. The van der Waals surface area contributed by atoms with Crippen molar-refractivity contribution in [1.29, 1.82) is 0 Å². The third-order valence-corrected chi connectivity index (χ3v) is 10.4. The van der Waals surface area contributed by atoms with E-state index >= 15 is 0 Å². The van der Waals surface area contributed by atoms with Crippen LogP contribution in [0.2, 0.25) is 0 Å². The molecule has 0 radical (unpaired) electrons. The molecule has 12 heteroatoms. The first-order valence-electron chi connectivity index (χ1n) is 15.5. The Bertz CT molecular complexity index is 1200. The summed E-state index contributed by atoms with van der Waals surface area (Å²) in [6.45, 7) is 7.84. The molecule has 4 N–H and O–H groups in total. The Balaban J connectivity index is 1.49. The smallest absolute Gasteiger partial charge is 0.335 e. The number of ether oxygens (including phenoxy) is 6. The predicted octanol–water partition coefficient (Wildman–Crippen LogP) is 1.45. The predicted molar refractivity (Wildman–Crippen MR) is 157 cm³/mol. The summed E-state index contributed by atoms with van der Waals surface area (Å²) in [5.41, 5.74) is 4.49. The average Bonchev–Trinajstić information content (AvgIpc) is 3.77. The van der Waals surface area contributed by atoms with E-state index in [2.05, 4.69) is 25.2 Å². The zero-order valence-electron chi connectivity index (χ0n) is 26.0. The monoisotopic (exact) mass is 618 g/mol. The van der Waals surface area contributed by atoms with E-state index in [4.69, 9.17) is 34.2 Å². The number of aliphatic hydroxyl groups is 1. The van der Waals surface area contributed by atoms with Gasteiger partial charge >= 0.3 is 11.9 Å². The third kappa shape index (κ3) is 5.88. The van der Waals surface area contributed by atoms with Crippen LogP contribution in [0.25, 0.3) is 0 Å². The summed E-state index contributed by atoms with van der Waals surface area (Å²) in [5.74, 6) is -1.87. The summed E-state index contributed by atoms with van der Waals surface area (Å²) in [6.07, 6.45) is 6.95. The fraction of sp³-hybridized carbons (Fsp3) is 0.719. The number of cyclic esters (lactones) is 1. The van der Waals surface area contributed by atoms with Crippen LogP contribution in [0.5, 0.6) is 0 Å². The molecule has 10 atom stereocenters. The Kier molecular flexibility index (Phi) is 9.69. The number of carbonyl (C=O) groups is 3. The molecule has 0 unspecified atom stereocenters. The van der Waals surface area contributed by atoms with Crippen LogP contribution in [0, 0.1) is 16.7 Å². The van der Waals surface area contributed by atoms with Crippen molar-refractivity contribution in [2.24, 2.45) is 22.5 Å². The molecule has 44 heavy (non-hydrogen) atoms. The lowest BCUT2D eigenvalue weighted by atomic mass is 9.51. The molecule has 3 aliphatic heterocycles. The molecule has 2 aliphatic carbocycles. The number of aliphatic hydroxyl groups excluding tert-OH is 1. The van der Waals surface area contributed by atoms with E-state index in [1.807, 2.05) is 6.92 Å². The van der Waals surface area contributed by atoms with E-state index in [-0.39, 0.29) is 44.6 Å². The zero-order chi connectivity index (χ0) is 31.7. The van der Waals surface area contributed by atoms with Gasteiger partial charge in [-0.1, -0.05) is 43.7 Å². The van der Waals surface area contributed by atoms with E-state index in [0.29, 0.717) is 25.9 Å². The molecular formula is C32H46N2O10. The van der Waals surface area contributed by atoms with Crippen LogP contribution in [0.15, 0.2) is 36.0 Å². The molecule has 0 aromatic heterocycles. The number of nitrogens with two attached hydrogens (primary N) is 1. The van der Waals surface area contributed by atoms with E-state index in [9.17, 15) is 19.5 Å². The molecule has 12 nitrogen and oxygen atoms in total. The average molecular weight is 619 g/mol. The van der Waals surface area contributed by atoms with Gasteiger partial charge in [0.15, 0.2) is 6.10 Å². The maximum Gasteiger partial charge on any atom is 0.335 e. The fourth-order valence-corrected chi connectivity index (χ4v) is 7.55. The summed E-state index contributed by atoms with van der Waals surface area (Å²) < 4.78 is 36.9. The minimum absolute atomic E-state index is 0.00355. The van der Waals surface area contributed by atoms with Crippen LogP contribution in [-0.4, -0.2) is 98.3 Å². The van der Waals surface area contributed by atoms with Crippen LogP contribution < -0.4 is 11.1 Å². The first-order chi connectivity index (χ1) is 21.0. The number of allylic oxidation sites excluding steroid dienone is 3. The van der Waals surface area contributed by atoms with E-state index in [1.54, 1.807) is 25.2 Å². The van der Waals surface area contributed by atoms with Gasteiger partial charge in [-0.3, -0.25) is 4.79 Å². The minimum Gasteiger partial charge on any atom is -0.463 e. The summed E-state index contributed by atoms with van der Waals surface area (Å²) in [7, 11) is 0. The first-order valence-corrected chi connectivity index (χ1v) is 15.5. The summed E-state index contributed by atoms with van der Waals surface area (Å²) >= 11 is 0. The number of carbonyl (C=O) groups excluding carboxylic acids is 3. The maximum absolute atomic E-state index is 13.8. The van der Waals surface area contributed by atoms with Crippen molar-refractivity contribution in [2.75, 3.05) is 33.1 Å². The Labute approximate surface area is 258 Å². The van der Waals surface area contributed by atoms with Gasteiger partial charge in [-0.05, 0) is 39.0 Å². The Morgan fingerprint density at radius 2 is 2.02 bits per heavy atom. The van der Waals surface area contributed by atoms with E-state index in [1.165, 1.54) is 11.6 Å². The number of nitrogens with one attached hydrogen (secondary N) is 1. The molecule has 5 aliphatic rings. The number of hydrogen-bond donors (Lipinski definition) is 3. The molecular weight excluding hydrogens is 572 g/mol. The van der Waals surface area contributed by atoms with Crippen LogP contribution in [-0.2, 0) is 42.8 Å². The van der Waals surface area contributed by atoms with Gasteiger partial charge in [0.05, 0.1) is 36.9 Å². The molecule has 3 heterocycles. The molecule has 2 bridgehead atoms. The quantitative estimate of drug-likeness (QED) is 0.177. The van der Waals surface area contributed by atoms with Crippen molar-refractivity contribution >= 4 is 17.8 Å². The SMILES string of the molecule is CC1=C[C@H]2O[C@@H]3C[C@H]4OC(=O)/C=C\C=C\[C@H]([C@@H](C)O)OCC[C@@H](C)[C@H](OCNC(=O)CN)C(=O)OC[C@@]2(CC1)[C@]4(C)[C@]31CO1. The van der Waals surface area contributed by atoms with Gasteiger partial charge in [-0.25, -0.2) is 9.59 Å². The Morgan fingerprint density at radius 1 is 1.25 bits per heavy atom. The van der Waals surface area contributed by atoms with Crippen molar-refractivity contribution in [2.45, 2.75) is 95.6 Å². The molecule has 0 aromatic carbocycles. The molecule has 1 amide bonds. The highest BCUT2D eigenvalue weighted by molar-refractivity contribution is 5.82. The van der Waals surface area contributed by atoms with Gasteiger partial charge in [0.25, 0.3) is 0 Å². The Morgan fingerprint density at radius 3 is 2.73 bits per heavy atom. The van der Waals surface area contributed by atoms with E-state index in [0.717, 1.165) is 6.42 Å². The molecule has 2 spiro atoms. The normalized spacial score (nSPS) is 42.9. The highest BCUT2D eigenvalue weighted by Crippen LogP contribution is 2.72. The lowest BCUT2D eigenvalue weighted by Gasteiger charge is -2.58. The van der Waals surface area contributed by atoms with Gasteiger partial charge in [0.1, 0.15) is 31.1 Å². The standard InChI is InChI=1S/C32H46N2O10/c1-19-9-11-31-16-40-29(38)28(41-18-34-26(36)15-33)20(2)10-12-39-22(21(3)35)7-5-6-8-27(37)44-23-14-25(43-24(31)13-19)32(17-42-32)30(23,31)4/h5-8,13,20-25,28,35H,9-12,14-18,33H2,1-4H3,(H,34,36)/b7-5+,8-6-/t20-,21-,22-,23-,24-,25-,28+,30-,31-,32+/m1/s1. The minimum atomic E-state index is -1.02. The summed E-state index contributed by atoms with van der Waals surface area (Å²) in [4.78, 5) is 38.7. The fourth-order valence-electron chi connectivity index (χ4n) is 7.55. The highest BCUT2D eigenvalue weighted by Gasteiger charge is 2.83.